The number of hydrogen-bond donors (Lipinski definition) is 0. The number of aryl methyl sites for hydroxylation is 1. The van der Waals surface area contributed by atoms with Gasteiger partial charge >= 0.3 is 0 Å². The Labute approximate surface area is 107 Å². The first kappa shape index (κ1) is 10.6. The second-order valence-corrected chi connectivity index (χ2v) is 5.84. The predicted octanol–water partition coefficient (Wildman–Crippen LogP) is 1.66. The second kappa shape index (κ2) is 3.82. The summed E-state index contributed by atoms with van der Waals surface area (Å²) in [5.74, 6) is 2.98. The molecular weight excluding hydrogens is 224 g/mol. The summed E-state index contributed by atoms with van der Waals surface area (Å²) >= 11 is 0. The first-order valence-corrected chi connectivity index (χ1v) is 6.80. The van der Waals surface area contributed by atoms with Crippen molar-refractivity contribution < 1.29 is 9.30 Å². The van der Waals surface area contributed by atoms with E-state index in [4.69, 9.17) is 4.74 Å². The van der Waals surface area contributed by atoms with Crippen LogP contribution in [-0.4, -0.2) is 10.7 Å². The number of imidazole rings is 1. The lowest BCUT2D eigenvalue weighted by atomic mass is 9.84. The van der Waals surface area contributed by atoms with Gasteiger partial charge in [0.05, 0.1) is 13.2 Å². The minimum absolute atomic E-state index is 0.308. The lowest BCUT2D eigenvalue weighted by Crippen LogP contribution is -2.37. The maximum absolute atomic E-state index is 6.10. The monoisotopic (exact) mass is 243 g/mol. The Morgan fingerprint density at radius 2 is 2.11 bits per heavy atom. The summed E-state index contributed by atoms with van der Waals surface area (Å²) in [5.41, 5.74) is 0. The van der Waals surface area contributed by atoms with Crippen molar-refractivity contribution >= 4 is 0 Å². The van der Waals surface area contributed by atoms with Crippen LogP contribution in [0.1, 0.15) is 6.42 Å². The molecule has 3 nitrogen and oxygen atoms in total. The molecule has 0 aromatic carbocycles. The van der Waals surface area contributed by atoms with E-state index in [1.807, 2.05) is 17.8 Å². The van der Waals surface area contributed by atoms with Crippen molar-refractivity contribution in [2.24, 2.45) is 30.7 Å². The molecule has 3 aliphatic carbocycles. The van der Waals surface area contributed by atoms with E-state index in [9.17, 15) is 0 Å². The van der Waals surface area contributed by atoms with Gasteiger partial charge in [-0.3, -0.25) is 0 Å². The summed E-state index contributed by atoms with van der Waals surface area (Å²) in [5, 5.41) is 0. The third-order valence-electron chi connectivity index (χ3n) is 4.73. The first-order chi connectivity index (χ1) is 8.81. The molecule has 5 atom stereocenters. The van der Waals surface area contributed by atoms with Crippen LogP contribution in [0.15, 0.2) is 43.0 Å². The van der Waals surface area contributed by atoms with Crippen molar-refractivity contribution in [1.29, 1.82) is 0 Å². The highest BCUT2D eigenvalue weighted by molar-refractivity contribution is 5.24. The lowest BCUT2D eigenvalue weighted by molar-refractivity contribution is -0.734. The zero-order valence-corrected chi connectivity index (χ0v) is 10.6. The van der Waals surface area contributed by atoms with Crippen LogP contribution in [0.25, 0.3) is 0 Å². The third kappa shape index (κ3) is 1.50. The fourth-order valence-corrected chi connectivity index (χ4v) is 3.92. The van der Waals surface area contributed by atoms with Gasteiger partial charge in [0, 0.05) is 5.92 Å². The largest absolute Gasteiger partial charge is 0.334 e. The molecule has 0 amide bonds. The zero-order chi connectivity index (χ0) is 12.1. The van der Waals surface area contributed by atoms with Crippen LogP contribution in [0.4, 0.5) is 0 Å². The molecule has 0 radical (unpaired) electrons. The number of aromatic nitrogens is 2. The van der Waals surface area contributed by atoms with Crippen molar-refractivity contribution in [3.05, 3.63) is 43.0 Å². The Bertz CT molecular complexity index is 516. The molecule has 4 rings (SSSR count). The second-order valence-electron chi connectivity index (χ2n) is 5.84. The lowest BCUT2D eigenvalue weighted by Gasteiger charge is -2.25. The Kier molecular flexibility index (Phi) is 2.24. The summed E-state index contributed by atoms with van der Waals surface area (Å²) < 4.78 is 10.2. The predicted molar refractivity (Wildman–Crippen MR) is 67.3 cm³/mol. The molecule has 2 bridgehead atoms. The normalized spacial score (nSPS) is 39.7. The molecule has 1 fully saturated rings. The molecule has 94 valence electrons. The van der Waals surface area contributed by atoms with Crippen molar-refractivity contribution in [2.45, 2.75) is 19.3 Å². The number of hydrogen-bond acceptors (Lipinski definition) is 1. The quantitative estimate of drug-likeness (QED) is 0.583. The molecule has 0 N–H and O–H groups in total. The summed E-state index contributed by atoms with van der Waals surface area (Å²) in [6, 6.07) is 0. The van der Waals surface area contributed by atoms with Gasteiger partial charge in [-0.1, -0.05) is 24.3 Å². The van der Waals surface area contributed by atoms with Crippen molar-refractivity contribution in [2.75, 3.05) is 0 Å². The Morgan fingerprint density at radius 1 is 1.22 bits per heavy atom. The summed E-state index contributed by atoms with van der Waals surface area (Å²) in [7, 11) is 2.03. The van der Waals surface area contributed by atoms with E-state index in [2.05, 4.69) is 41.4 Å². The van der Waals surface area contributed by atoms with Crippen molar-refractivity contribution in [3.8, 4) is 0 Å². The minimum Gasteiger partial charge on any atom is -0.334 e. The van der Waals surface area contributed by atoms with Gasteiger partial charge in [-0.15, -0.1) is 0 Å². The number of nitrogens with zero attached hydrogens (tertiary/aromatic N) is 2. The van der Waals surface area contributed by atoms with E-state index in [-0.39, 0.29) is 0 Å². The zero-order valence-electron chi connectivity index (χ0n) is 10.6. The summed E-state index contributed by atoms with van der Waals surface area (Å²) in [6.07, 6.45) is 17.3. The molecule has 18 heavy (non-hydrogen) atoms. The smallest absolute Gasteiger partial charge is 0.245 e. The fourth-order valence-electron chi connectivity index (χ4n) is 3.92. The standard InChI is InChI=1S/C15H19N2O/c1-16-6-7-17(9-16)10-18-14-5-4-13-11-2-3-12(8-11)15(13)14/h2-7,9,11-15H,8,10H2,1H3/q+1/t11?,12?,13-,14+,15+/m0/s1. The van der Waals surface area contributed by atoms with Crippen LogP contribution in [0, 0.1) is 23.7 Å². The highest BCUT2D eigenvalue weighted by Gasteiger charge is 2.49. The minimum atomic E-state index is 0.308. The van der Waals surface area contributed by atoms with Gasteiger partial charge in [0.15, 0.2) is 6.73 Å². The molecule has 2 unspecified atom stereocenters. The van der Waals surface area contributed by atoms with Crippen LogP contribution in [0.3, 0.4) is 0 Å². The number of rotatable bonds is 3. The third-order valence-corrected chi connectivity index (χ3v) is 4.73. The number of ether oxygens (including phenoxy) is 1. The van der Waals surface area contributed by atoms with E-state index < -0.39 is 0 Å². The van der Waals surface area contributed by atoms with Crippen LogP contribution < -0.4 is 4.57 Å². The maximum Gasteiger partial charge on any atom is 0.245 e. The van der Waals surface area contributed by atoms with Gasteiger partial charge < -0.3 is 4.74 Å². The molecule has 1 saturated carbocycles. The number of fused-ring (bicyclic) bond motifs is 5. The van der Waals surface area contributed by atoms with Crippen LogP contribution in [-0.2, 0) is 18.5 Å². The molecule has 0 spiro atoms. The van der Waals surface area contributed by atoms with E-state index >= 15 is 0 Å². The maximum atomic E-state index is 6.10. The topological polar surface area (TPSA) is 18.0 Å². The van der Waals surface area contributed by atoms with Crippen LogP contribution >= 0.6 is 0 Å². The van der Waals surface area contributed by atoms with Gasteiger partial charge in [0.25, 0.3) is 0 Å². The van der Waals surface area contributed by atoms with Crippen molar-refractivity contribution in [3.63, 3.8) is 0 Å². The molecule has 0 aliphatic heterocycles. The van der Waals surface area contributed by atoms with Gasteiger partial charge in [-0.2, -0.15) is 0 Å². The van der Waals surface area contributed by atoms with E-state index in [0.717, 1.165) is 17.8 Å². The summed E-state index contributed by atoms with van der Waals surface area (Å²) in [4.78, 5) is 0. The SMILES string of the molecule is Cn1cc[n+](CO[C@@H]2C=C[C@H]3C4C=CC(C4)[C@@H]23)c1. The Morgan fingerprint density at radius 3 is 2.94 bits per heavy atom. The molecule has 1 aromatic heterocycles. The molecule has 1 aromatic rings. The van der Waals surface area contributed by atoms with Crippen molar-refractivity contribution in [1.82, 2.24) is 4.57 Å². The molecule has 3 heteroatoms. The van der Waals surface area contributed by atoms with Gasteiger partial charge in [0.1, 0.15) is 12.4 Å². The van der Waals surface area contributed by atoms with Gasteiger partial charge in [-0.05, 0) is 24.2 Å². The molecule has 1 heterocycles. The average Bonchev–Trinajstić information content (AvgIpc) is 3.08. The van der Waals surface area contributed by atoms with Gasteiger partial charge in [0.2, 0.25) is 6.33 Å². The van der Waals surface area contributed by atoms with Gasteiger partial charge in [-0.25, -0.2) is 9.13 Å². The molecule has 3 aliphatic rings. The fraction of sp³-hybridized carbons (Fsp3) is 0.533. The van der Waals surface area contributed by atoms with E-state index in [1.54, 1.807) is 0 Å². The van der Waals surface area contributed by atoms with E-state index in [1.165, 1.54) is 6.42 Å². The Hall–Kier alpha value is -1.35. The molecular formula is C15H19N2O+. The van der Waals surface area contributed by atoms with Crippen LogP contribution in [0.2, 0.25) is 0 Å². The average molecular weight is 243 g/mol. The Balaban J connectivity index is 1.44. The van der Waals surface area contributed by atoms with Crippen LogP contribution in [0.5, 0.6) is 0 Å². The molecule has 0 saturated heterocycles. The number of allylic oxidation sites excluding steroid dienone is 3. The van der Waals surface area contributed by atoms with E-state index in [0.29, 0.717) is 18.8 Å². The highest BCUT2D eigenvalue weighted by Crippen LogP contribution is 2.53. The first-order valence-electron chi connectivity index (χ1n) is 6.80. The highest BCUT2D eigenvalue weighted by atomic mass is 16.5. The summed E-state index contributed by atoms with van der Waals surface area (Å²) in [6.45, 7) is 0.653.